The van der Waals surface area contributed by atoms with Crippen LogP contribution in [0.1, 0.15) is 51.2 Å². The molecule has 0 fully saturated rings. The highest BCUT2D eigenvalue weighted by Crippen LogP contribution is 2.14. The summed E-state index contributed by atoms with van der Waals surface area (Å²) in [5.41, 5.74) is 17.8. The number of carboxylic acids is 1. The van der Waals surface area contributed by atoms with Crippen LogP contribution in [0.15, 0.2) is 53.5 Å². The number of aliphatic imine (C=N–C) groups is 1. The van der Waals surface area contributed by atoms with Gasteiger partial charge in [-0.25, -0.2) is 4.79 Å². The van der Waals surface area contributed by atoms with Gasteiger partial charge in [0.15, 0.2) is 5.96 Å². The highest BCUT2D eigenvalue weighted by molar-refractivity contribution is 5.97. The molecular formula is C42H63N11O14. The first-order chi connectivity index (χ1) is 31.6. The van der Waals surface area contributed by atoms with E-state index >= 15 is 0 Å². The summed E-state index contributed by atoms with van der Waals surface area (Å²) in [6.45, 7) is 1.81. The molecule has 67 heavy (non-hydrogen) atoms. The molecule has 0 bridgehead atoms. The number of carbonyl (C=O) groups is 8. The minimum Gasteiger partial charge on any atom is -0.508 e. The summed E-state index contributed by atoms with van der Waals surface area (Å²) in [5, 5.41) is 74.7. The van der Waals surface area contributed by atoms with Crippen molar-refractivity contribution in [3.63, 3.8) is 0 Å². The van der Waals surface area contributed by atoms with Crippen molar-refractivity contribution in [1.82, 2.24) is 37.2 Å². The lowest BCUT2D eigenvalue weighted by Gasteiger charge is -2.27. The van der Waals surface area contributed by atoms with E-state index in [2.05, 4.69) is 42.2 Å². The van der Waals surface area contributed by atoms with Crippen molar-refractivity contribution in [3.8, 4) is 11.5 Å². The highest BCUT2D eigenvalue weighted by Gasteiger charge is 2.34. The number of nitrogens with two attached hydrogens (primary N) is 3. The first-order valence-electron chi connectivity index (χ1n) is 21.1. The number of hydrogen-bond acceptors (Lipinski definition) is 15. The van der Waals surface area contributed by atoms with Crippen LogP contribution < -0.4 is 54.4 Å². The number of carboxylic acid groups (broad SMARTS) is 1. The summed E-state index contributed by atoms with van der Waals surface area (Å²) in [4.78, 5) is 109. The van der Waals surface area contributed by atoms with E-state index in [1.807, 2.05) is 0 Å². The van der Waals surface area contributed by atoms with Crippen LogP contribution >= 0.6 is 0 Å². The Hall–Kier alpha value is -7.09. The van der Waals surface area contributed by atoms with Crippen LogP contribution in [0.25, 0.3) is 0 Å². The Balaban J connectivity index is 2.22. The lowest BCUT2D eigenvalue weighted by Crippen LogP contribution is -2.61. The summed E-state index contributed by atoms with van der Waals surface area (Å²) >= 11 is 0. The zero-order valence-corrected chi connectivity index (χ0v) is 37.3. The number of benzene rings is 2. The van der Waals surface area contributed by atoms with Crippen molar-refractivity contribution >= 4 is 53.3 Å². The topological polar surface area (TPSA) is 433 Å². The lowest BCUT2D eigenvalue weighted by atomic mass is 10.0. The van der Waals surface area contributed by atoms with Crippen LogP contribution in [-0.4, -0.2) is 159 Å². The Morgan fingerprint density at radius 1 is 0.537 bits per heavy atom. The zero-order chi connectivity index (χ0) is 50.4. The number of nitrogens with zero attached hydrogens (tertiary/aromatic N) is 1. The van der Waals surface area contributed by atoms with Gasteiger partial charge in [0.25, 0.3) is 0 Å². The van der Waals surface area contributed by atoms with E-state index in [0.717, 1.165) is 0 Å². The molecule has 19 N–H and O–H groups in total. The predicted molar refractivity (Wildman–Crippen MR) is 239 cm³/mol. The Kier molecular flexibility index (Phi) is 23.5. The fraction of sp³-hybridized carbons (Fsp3) is 0.500. The number of phenols is 2. The molecule has 25 nitrogen and oxygen atoms in total. The predicted octanol–water partition coefficient (Wildman–Crippen LogP) is -5.22. The zero-order valence-electron chi connectivity index (χ0n) is 37.3. The van der Waals surface area contributed by atoms with E-state index in [4.69, 9.17) is 17.2 Å². The first-order valence-corrected chi connectivity index (χ1v) is 21.1. The highest BCUT2D eigenvalue weighted by atomic mass is 16.4. The summed E-state index contributed by atoms with van der Waals surface area (Å²) < 4.78 is 0. The van der Waals surface area contributed by atoms with Crippen LogP contribution in [0.5, 0.6) is 11.5 Å². The number of aliphatic carboxylic acids is 1. The van der Waals surface area contributed by atoms with Crippen molar-refractivity contribution in [3.05, 3.63) is 59.7 Å². The Morgan fingerprint density at radius 3 is 1.43 bits per heavy atom. The average molecular weight is 946 g/mol. The van der Waals surface area contributed by atoms with Gasteiger partial charge in [-0.1, -0.05) is 38.1 Å². The van der Waals surface area contributed by atoms with Crippen LogP contribution in [-0.2, 0) is 51.2 Å². The van der Waals surface area contributed by atoms with Gasteiger partial charge in [-0.05, 0) is 73.9 Å². The molecule has 370 valence electrons. The summed E-state index contributed by atoms with van der Waals surface area (Å²) in [5.74, 6) is -8.85. The standard InChI is InChI=1S/C42H63N11O14/c1-21(2)15-29(37(62)50-30(17-24-8-12-26(58)13-9-24)38(63)53-33(20-56)41(66)67)49-40(65)32(19-55)52-36(61)28(5-4-14-46-42(44)45)48-34(59)22(3)47-39(64)31(18-54)51-35(60)27(43)16-23-6-10-25(57)11-7-23/h6-13,21-22,27-33,54-58H,4-5,14-20,43H2,1-3H3,(H,47,64)(H,48,59)(H,49,65)(H,50,62)(H,51,60)(H,52,61)(H,53,63)(H,66,67)(H4,44,45,46)/t22-,27-,28-,29-,30-,31-,32-,33-/m0/s1. The molecule has 0 unspecified atom stereocenters. The fourth-order valence-electron chi connectivity index (χ4n) is 6.15. The van der Waals surface area contributed by atoms with Gasteiger partial charge in [0.05, 0.1) is 25.9 Å². The second-order valence-electron chi connectivity index (χ2n) is 15.9. The van der Waals surface area contributed by atoms with Crippen LogP contribution in [0.4, 0.5) is 0 Å². The number of carbonyl (C=O) groups excluding carboxylic acids is 7. The van der Waals surface area contributed by atoms with Crippen LogP contribution in [0.2, 0.25) is 0 Å². The Bertz CT molecular complexity index is 2020. The van der Waals surface area contributed by atoms with Gasteiger partial charge in [0.1, 0.15) is 53.8 Å². The molecule has 2 rings (SSSR count). The van der Waals surface area contributed by atoms with Gasteiger partial charge in [-0.15, -0.1) is 0 Å². The molecule has 0 aromatic heterocycles. The largest absolute Gasteiger partial charge is 0.508 e. The smallest absolute Gasteiger partial charge is 0.328 e. The third kappa shape index (κ3) is 19.9. The number of aliphatic hydroxyl groups excluding tert-OH is 3. The van der Waals surface area contributed by atoms with E-state index in [1.54, 1.807) is 26.0 Å². The minimum atomic E-state index is -1.73. The van der Waals surface area contributed by atoms with Gasteiger partial charge < -0.3 is 85.1 Å². The van der Waals surface area contributed by atoms with Gasteiger partial charge in [0.2, 0.25) is 41.4 Å². The summed E-state index contributed by atoms with van der Waals surface area (Å²) in [6.07, 6.45) is -0.283. The minimum absolute atomic E-state index is 0.000331. The maximum Gasteiger partial charge on any atom is 0.328 e. The third-order valence-corrected chi connectivity index (χ3v) is 9.84. The van der Waals surface area contributed by atoms with Gasteiger partial charge in [-0.2, -0.15) is 0 Å². The normalized spacial score (nSPS) is 14.6. The number of guanidine groups is 1. The van der Waals surface area contributed by atoms with Crippen molar-refractivity contribution in [2.75, 3.05) is 26.4 Å². The number of rotatable bonds is 28. The summed E-state index contributed by atoms with van der Waals surface area (Å²) in [7, 11) is 0. The molecule has 7 amide bonds. The van der Waals surface area contributed by atoms with Gasteiger partial charge >= 0.3 is 5.97 Å². The van der Waals surface area contributed by atoms with E-state index in [-0.39, 0.29) is 62.0 Å². The average Bonchev–Trinajstić information content (AvgIpc) is 3.27. The van der Waals surface area contributed by atoms with E-state index in [9.17, 15) is 69.0 Å². The number of aliphatic hydroxyl groups is 3. The van der Waals surface area contributed by atoms with Gasteiger partial charge in [-0.3, -0.25) is 38.6 Å². The Labute approximate surface area is 385 Å². The van der Waals surface area contributed by atoms with E-state index < -0.39 is 115 Å². The third-order valence-electron chi connectivity index (χ3n) is 9.84. The quantitative estimate of drug-likeness (QED) is 0.0215. The number of phenolic OH excluding ortho intramolecular Hbond substituents is 2. The van der Waals surface area contributed by atoms with Crippen LogP contribution in [0, 0.1) is 5.92 Å². The maximum atomic E-state index is 13.8. The van der Waals surface area contributed by atoms with Crippen molar-refractivity contribution < 1.29 is 69.0 Å². The molecule has 0 saturated carbocycles. The molecule has 2 aromatic carbocycles. The second kappa shape index (κ2) is 28.1. The van der Waals surface area contributed by atoms with Crippen molar-refractivity contribution in [1.29, 1.82) is 0 Å². The number of hydrogen-bond donors (Lipinski definition) is 16. The van der Waals surface area contributed by atoms with Crippen molar-refractivity contribution in [2.24, 2.45) is 28.1 Å². The lowest BCUT2D eigenvalue weighted by molar-refractivity contribution is -0.143. The maximum absolute atomic E-state index is 13.8. The number of nitrogens with one attached hydrogen (secondary N) is 7. The molecule has 0 spiro atoms. The number of amides is 7. The monoisotopic (exact) mass is 945 g/mol. The molecule has 8 atom stereocenters. The molecule has 25 heteroatoms. The molecule has 0 heterocycles. The molecule has 0 radical (unpaired) electrons. The molecule has 0 aliphatic rings. The molecule has 0 saturated heterocycles. The molecule has 0 aliphatic carbocycles. The molecular weight excluding hydrogens is 883 g/mol. The van der Waals surface area contributed by atoms with Crippen LogP contribution in [0.3, 0.4) is 0 Å². The van der Waals surface area contributed by atoms with E-state index in [1.165, 1.54) is 43.3 Å². The number of aromatic hydroxyl groups is 2. The first kappa shape index (κ1) is 56.0. The Morgan fingerprint density at radius 2 is 0.940 bits per heavy atom. The second-order valence-corrected chi connectivity index (χ2v) is 15.9. The van der Waals surface area contributed by atoms with Gasteiger partial charge in [0, 0.05) is 13.0 Å². The summed E-state index contributed by atoms with van der Waals surface area (Å²) in [6, 6.07) is -0.407. The fourth-order valence-corrected chi connectivity index (χ4v) is 6.15. The van der Waals surface area contributed by atoms with E-state index in [0.29, 0.717) is 11.1 Å². The van der Waals surface area contributed by atoms with Crippen molar-refractivity contribution in [2.45, 2.75) is 101 Å². The SMILES string of the molecule is CC(C)C[C@H](NC(=O)[C@H](CO)NC(=O)[C@H](CCCN=C(N)N)NC(=O)[C@H](C)NC(=O)[C@H](CO)NC(=O)[C@@H](N)Cc1ccc(O)cc1)C(=O)N[C@@H](Cc1ccc(O)cc1)C(=O)N[C@@H](CO)C(=O)O. The molecule has 2 aromatic rings. The molecule has 0 aliphatic heterocycles.